The van der Waals surface area contributed by atoms with Gasteiger partial charge in [0.25, 0.3) is 0 Å². The van der Waals surface area contributed by atoms with Gasteiger partial charge in [-0.05, 0) is 29.8 Å². The number of carbonyl (C=O) groups is 1. The highest BCUT2D eigenvalue weighted by Crippen LogP contribution is 2.28. The Labute approximate surface area is 108 Å². The predicted molar refractivity (Wildman–Crippen MR) is 67.6 cm³/mol. The molecule has 0 aliphatic heterocycles. The number of nitrogens with two attached hydrogens (primary N) is 1. The number of carboxylic acid groups (broad SMARTS) is 1. The second-order valence-corrected chi connectivity index (χ2v) is 3.79. The number of aromatic nitrogens is 1. The third-order valence-corrected chi connectivity index (χ3v) is 2.58. The molecule has 0 radical (unpaired) electrons. The molecule has 2 aromatic rings. The number of ether oxygens (including phenoxy) is 1. The summed E-state index contributed by atoms with van der Waals surface area (Å²) in [5.41, 5.74) is 5.92. The van der Waals surface area contributed by atoms with Gasteiger partial charge in [0.1, 0.15) is 5.82 Å². The highest BCUT2D eigenvalue weighted by atomic mass is 19.1. The maximum atomic E-state index is 13.6. The van der Waals surface area contributed by atoms with Crippen LogP contribution in [0.5, 0.6) is 5.75 Å². The van der Waals surface area contributed by atoms with Crippen molar-refractivity contribution in [2.75, 3.05) is 12.8 Å². The molecule has 2 rings (SSSR count). The molecule has 0 amide bonds. The van der Waals surface area contributed by atoms with Crippen molar-refractivity contribution in [3.63, 3.8) is 0 Å². The van der Waals surface area contributed by atoms with Crippen molar-refractivity contribution in [1.82, 2.24) is 4.98 Å². The van der Waals surface area contributed by atoms with Crippen LogP contribution in [0.4, 0.5) is 10.2 Å². The van der Waals surface area contributed by atoms with Crippen molar-refractivity contribution < 1.29 is 19.0 Å². The molecule has 0 unspecified atom stereocenters. The van der Waals surface area contributed by atoms with E-state index in [2.05, 4.69) is 4.98 Å². The van der Waals surface area contributed by atoms with Crippen LogP contribution in [0.15, 0.2) is 30.3 Å². The average molecular weight is 262 g/mol. The summed E-state index contributed by atoms with van der Waals surface area (Å²) >= 11 is 0. The van der Waals surface area contributed by atoms with E-state index >= 15 is 0 Å². The molecule has 98 valence electrons. The molecule has 0 spiro atoms. The lowest BCUT2D eigenvalue weighted by Crippen LogP contribution is -2.05. The van der Waals surface area contributed by atoms with Crippen molar-refractivity contribution in [1.29, 1.82) is 0 Å². The van der Waals surface area contributed by atoms with Crippen LogP contribution in [0, 0.1) is 5.82 Å². The van der Waals surface area contributed by atoms with E-state index in [9.17, 15) is 9.18 Å². The average Bonchev–Trinajstić information content (AvgIpc) is 2.38. The SMILES string of the molecule is COc1ccc(-c2ccc(N)nc2C(=O)O)cc1F. The molecule has 1 aromatic carbocycles. The van der Waals surface area contributed by atoms with Gasteiger partial charge in [-0.2, -0.15) is 0 Å². The molecular formula is C13H11FN2O3. The summed E-state index contributed by atoms with van der Waals surface area (Å²) in [4.78, 5) is 14.9. The Morgan fingerprint density at radius 3 is 2.68 bits per heavy atom. The quantitative estimate of drug-likeness (QED) is 0.885. The van der Waals surface area contributed by atoms with Gasteiger partial charge in [0.05, 0.1) is 7.11 Å². The second-order valence-electron chi connectivity index (χ2n) is 3.79. The van der Waals surface area contributed by atoms with Crippen molar-refractivity contribution in [2.24, 2.45) is 0 Å². The van der Waals surface area contributed by atoms with Gasteiger partial charge in [-0.3, -0.25) is 0 Å². The molecule has 1 aromatic heterocycles. The Bertz CT molecular complexity index is 644. The number of hydrogen-bond donors (Lipinski definition) is 2. The molecule has 0 atom stereocenters. The van der Waals surface area contributed by atoms with Crippen LogP contribution in [0.25, 0.3) is 11.1 Å². The molecule has 0 saturated heterocycles. The van der Waals surface area contributed by atoms with Crippen molar-refractivity contribution in [3.8, 4) is 16.9 Å². The van der Waals surface area contributed by atoms with E-state index in [1.165, 1.54) is 31.4 Å². The minimum Gasteiger partial charge on any atom is -0.494 e. The fourth-order valence-corrected chi connectivity index (χ4v) is 1.70. The van der Waals surface area contributed by atoms with E-state index in [4.69, 9.17) is 15.6 Å². The zero-order valence-electron chi connectivity index (χ0n) is 10.1. The Hall–Kier alpha value is -2.63. The smallest absolute Gasteiger partial charge is 0.355 e. The first-order valence-electron chi connectivity index (χ1n) is 5.36. The third kappa shape index (κ3) is 2.47. The molecule has 0 saturated carbocycles. The van der Waals surface area contributed by atoms with E-state index in [1.54, 1.807) is 6.07 Å². The molecule has 0 fully saturated rings. The normalized spacial score (nSPS) is 10.2. The van der Waals surface area contributed by atoms with Crippen LogP contribution in [-0.2, 0) is 0 Å². The maximum absolute atomic E-state index is 13.6. The number of benzene rings is 1. The zero-order chi connectivity index (χ0) is 14.0. The second kappa shape index (κ2) is 4.93. The highest BCUT2D eigenvalue weighted by molar-refractivity contribution is 5.94. The number of carboxylic acids is 1. The Morgan fingerprint density at radius 2 is 2.11 bits per heavy atom. The highest BCUT2D eigenvalue weighted by Gasteiger charge is 2.15. The van der Waals surface area contributed by atoms with E-state index in [0.29, 0.717) is 11.1 Å². The lowest BCUT2D eigenvalue weighted by Gasteiger charge is -2.08. The molecule has 19 heavy (non-hydrogen) atoms. The van der Waals surface area contributed by atoms with E-state index in [-0.39, 0.29) is 17.3 Å². The number of nitrogen functional groups attached to an aromatic ring is 1. The standard InChI is InChI=1S/C13H11FN2O3/c1-19-10-4-2-7(6-9(10)14)8-3-5-11(15)16-12(8)13(17)18/h2-6H,1H3,(H2,15,16)(H,17,18). The molecule has 1 heterocycles. The van der Waals surface area contributed by atoms with Crippen molar-refractivity contribution >= 4 is 11.8 Å². The number of hydrogen-bond acceptors (Lipinski definition) is 4. The van der Waals surface area contributed by atoms with Gasteiger partial charge in [0.2, 0.25) is 0 Å². The lowest BCUT2D eigenvalue weighted by molar-refractivity contribution is 0.0691. The van der Waals surface area contributed by atoms with E-state index in [1.807, 2.05) is 0 Å². The van der Waals surface area contributed by atoms with E-state index < -0.39 is 11.8 Å². The molecule has 3 N–H and O–H groups in total. The summed E-state index contributed by atoms with van der Waals surface area (Å²) in [5, 5.41) is 9.08. The lowest BCUT2D eigenvalue weighted by atomic mass is 10.0. The first-order chi connectivity index (χ1) is 9.02. The van der Waals surface area contributed by atoms with Gasteiger partial charge >= 0.3 is 5.97 Å². The van der Waals surface area contributed by atoms with Crippen LogP contribution < -0.4 is 10.5 Å². The Kier molecular flexibility index (Phi) is 3.33. The zero-order valence-corrected chi connectivity index (χ0v) is 10.1. The van der Waals surface area contributed by atoms with Crippen molar-refractivity contribution in [2.45, 2.75) is 0 Å². The molecule has 0 aliphatic carbocycles. The van der Waals surface area contributed by atoms with E-state index in [0.717, 1.165) is 0 Å². The number of rotatable bonds is 3. The van der Waals surface area contributed by atoms with Crippen LogP contribution in [0.1, 0.15) is 10.5 Å². The monoisotopic (exact) mass is 262 g/mol. The Morgan fingerprint density at radius 1 is 1.37 bits per heavy atom. The first-order valence-corrected chi connectivity index (χ1v) is 5.36. The van der Waals surface area contributed by atoms with Gasteiger partial charge in [0.15, 0.2) is 17.3 Å². The summed E-state index contributed by atoms with van der Waals surface area (Å²) in [6.07, 6.45) is 0. The van der Waals surface area contributed by atoms with Crippen LogP contribution >= 0.6 is 0 Å². The molecular weight excluding hydrogens is 251 g/mol. The largest absolute Gasteiger partial charge is 0.494 e. The van der Waals surface area contributed by atoms with Gasteiger partial charge in [0, 0.05) is 5.56 Å². The van der Waals surface area contributed by atoms with Gasteiger partial charge in [-0.25, -0.2) is 14.2 Å². The van der Waals surface area contributed by atoms with Crippen molar-refractivity contribution in [3.05, 3.63) is 41.8 Å². The first kappa shape index (κ1) is 12.8. The molecule has 0 aliphatic rings. The number of methoxy groups -OCH3 is 1. The number of halogens is 1. The van der Waals surface area contributed by atoms with Crippen LogP contribution in [-0.4, -0.2) is 23.2 Å². The fourth-order valence-electron chi connectivity index (χ4n) is 1.70. The number of nitrogens with zero attached hydrogens (tertiary/aromatic N) is 1. The summed E-state index contributed by atoms with van der Waals surface area (Å²) in [6, 6.07) is 7.13. The molecule has 0 bridgehead atoms. The Balaban J connectivity index is 2.58. The molecule has 5 nitrogen and oxygen atoms in total. The number of anilines is 1. The summed E-state index contributed by atoms with van der Waals surface area (Å²) < 4.78 is 18.4. The summed E-state index contributed by atoms with van der Waals surface area (Å²) in [6.45, 7) is 0. The maximum Gasteiger partial charge on any atom is 0.355 e. The summed E-state index contributed by atoms with van der Waals surface area (Å²) in [7, 11) is 1.35. The topological polar surface area (TPSA) is 85.4 Å². The number of pyridine rings is 1. The minimum atomic E-state index is -1.22. The van der Waals surface area contributed by atoms with Crippen LogP contribution in [0.3, 0.4) is 0 Å². The molecule has 6 heteroatoms. The summed E-state index contributed by atoms with van der Waals surface area (Å²) in [5.74, 6) is -1.62. The predicted octanol–water partition coefficient (Wildman–Crippen LogP) is 2.18. The fraction of sp³-hybridized carbons (Fsp3) is 0.0769. The van der Waals surface area contributed by atoms with Gasteiger partial charge < -0.3 is 15.6 Å². The number of aromatic carboxylic acids is 1. The third-order valence-electron chi connectivity index (χ3n) is 2.58. The minimum absolute atomic E-state index is 0.0871. The van der Waals surface area contributed by atoms with Crippen LogP contribution in [0.2, 0.25) is 0 Å². The van der Waals surface area contributed by atoms with Gasteiger partial charge in [-0.1, -0.05) is 6.07 Å². The van der Waals surface area contributed by atoms with Gasteiger partial charge in [-0.15, -0.1) is 0 Å².